The van der Waals surface area contributed by atoms with E-state index in [1.54, 1.807) is 31.2 Å². The maximum Gasteiger partial charge on any atom is 0.311 e. The lowest BCUT2D eigenvalue weighted by Crippen LogP contribution is -2.38. The van der Waals surface area contributed by atoms with Crippen LogP contribution in [0.15, 0.2) is 89.8 Å². The predicted octanol–water partition coefficient (Wildman–Crippen LogP) is 4.44. The summed E-state index contributed by atoms with van der Waals surface area (Å²) in [6, 6.07) is 24.5. The van der Waals surface area contributed by atoms with Crippen LogP contribution in [0.2, 0.25) is 0 Å². The molecule has 3 aromatic carbocycles. The van der Waals surface area contributed by atoms with Crippen molar-refractivity contribution >= 4 is 16.0 Å². The molecule has 0 aliphatic carbocycles. The molecular weight excluding hydrogens is 410 g/mol. The van der Waals surface area contributed by atoms with Crippen LogP contribution >= 0.6 is 0 Å². The third kappa shape index (κ3) is 6.03. The molecule has 1 N–H and O–H groups in total. The molecule has 0 heterocycles. The first kappa shape index (κ1) is 22.7. The Bertz CT molecular complexity index is 1080. The highest BCUT2D eigenvalue weighted by Gasteiger charge is 2.34. The van der Waals surface area contributed by atoms with E-state index in [0.29, 0.717) is 12.0 Å². The quantitative estimate of drug-likeness (QED) is 0.503. The highest BCUT2D eigenvalue weighted by atomic mass is 32.2. The molecule has 31 heavy (non-hydrogen) atoms. The third-order valence-electron chi connectivity index (χ3n) is 5.06. The van der Waals surface area contributed by atoms with Gasteiger partial charge in [-0.1, -0.05) is 78.4 Å². The van der Waals surface area contributed by atoms with Crippen molar-refractivity contribution in [3.63, 3.8) is 0 Å². The molecule has 6 heteroatoms. The first-order valence-corrected chi connectivity index (χ1v) is 11.7. The monoisotopic (exact) mass is 437 g/mol. The molecule has 3 aromatic rings. The number of hydrogen-bond acceptors (Lipinski definition) is 4. The molecule has 0 unspecified atom stereocenters. The van der Waals surface area contributed by atoms with E-state index in [4.69, 9.17) is 4.74 Å². The average molecular weight is 438 g/mol. The molecule has 0 spiro atoms. The van der Waals surface area contributed by atoms with Gasteiger partial charge in [0, 0.05) is 0 Å². The molecule has 0 aliphatic heterocycles. The number of aryl methyl sites for hydroxylation is 1. The molecule has 0 fully saturated rings. The van der Waals surface area contributed by atoms with Crippen LogP contribution in [-0.2, 0) is 26.0 Å². The molecule has 0 aromatic heterocycles. The Kier molecular flexibility index (Phi) is 7.60. The van der Waals surface area contributed by atoms with Gasteiger partial charge in [-0.05, 0) is 43.5 Å². The van der Waals surface area contributed by atoms with E-state index in [1.165, 1.54) is 0 Å². The Morgan fingerprint density at radius 1 is 0.903 bits per heavy atom. The maximum atomic E-state index is 13.2. The zero-order valence-corrected chi connectivity index (χ0v) is 18.5. The number of rotatable bonds is 9. The molecule has 2 atom stereocenters. The molecule has 5 nitrogen and oxygen atoms in total. The topological polar surface area (TPSA) is 72.5 Å². The number of benzene rings is 3. The number of nitrogens with one attached hydrogen (secondary N) is 1. The molecule has 0 bridgehead atoms. The standard InChI is InChI=1S/C25H27NO4S/c1-3-30-25(27)23(18-20-10-6-4-7-11-20)24(21-12-8-5-9-13-21)26-31(28,29)22-16-14-19(2)15-17-22/h4-17,23-24,26H,3,18H2,1-2H3/t23-,24+/m0/s1. The SMILES string of the molecule is CCOC(=O)[C@@H](Cc1ccccc1)[C@H](NS(=O)(=O)c1ccc(C)cc1)c1ccccc1. The van der Waals surface area contributed by atoms with Crippen molar-refractivity contribution in [2.24, 2.45) is 5.92 Å². The minimum absolute atomic E-state index is 0.154. The smallest absolute Gasteiger partial charge is 0.311 e. The molecule has 0 aliphatic rings. The van der Waals surface area contributed by atoms with Crippen molar-refractivity contribution < 1.29 is 17.9 Å². The molecule has 0 radical (unpaired) electrons. The molecule has 0 amide bonds. The van der Waals surface area contributed by atoms with Crippen LogP contribution in [0.25, 0.3) is 0 Å². The van der Waals surface area contributed by atoms with Crippen LogP contribution in [0, 0.1) is 12.8 Å². The van der Waals surface area contributed by atoms with E-state index in [0.717, 1.165) is 11.1 Å². The van der Waals surface area contributed by atoms with E-state index < -0.39 is 28.0 Å². The van der Waals surface area contributed by atoms with Gasteiger partial charge < -0.3 is 4.74 Å². The first-order chi connectivity index (χ1) is 14.9. The van der Waals surface area contributed by atoms with Crippen molar-refractivity contribution in [2.75, 3.05) is 6.61 Å². The minimum Gasteiger partial charge on any atom is -0.466 e. The third-order valence-corrected chi connectivity index (χ3v) is 6.52. The van der Waals surface area contributed by atoms with E-state index in [2.05, 4.69) is 4.72 Å². The Labute approximate surface area is 184 Å². The van der Waals surface area contributed by atoms with Crippen LogP contribution in [0.4, 0.5) is 0 Å². The lowest BCUT2D eigenvalue weighted by Gasteiger charge is -2.27. The Hall–Kier alpha value is -2.96. The number of esters is 1. The number of ether oxygens (including phenoxy) is 1. The van der Waals surface area contributed by atoms with Crippen molar-refractivity contribution in [2.45, 2.75) is 31.2 Å². The fourth-order valence-corrected chi connectivity index (χ4v) is 4.72. The minimum atomic E-state index is -3.87. The average Bonchev–Trinajstić information content (AvgIpc) is 2.78. The van der Waals surface area contributed by atoms with Gasteiger partial charge in [0.15, 0.2) is 0 Å². The van der Waals surface area contributed by atoms with Crippen molar-refractivity contribution in [1.29, 1.82) is 0 Å². The largest absolute Gasteiger partial charge is 0.466 e. The highest BCUT2D eigenvalue weighted by molar-refractivity contribution is 7.89. The summed E-state index contributed by atoms with van der Waals surface area (Å²) in [4.78, 5) is 13.1. The van der Waals surface area contributed by atoms with Gasteiger partial charge in [-0.3, -0.25) is 4.79 Å². The molecule has 162 valence electrons. The van der Waals surface area contributed by atoms with Gasteiger partial charge in [-0.25, -0.2) is 13.1 Å². The van der Waals surface area contributed by atoms with Crippen molar-refractivity contribution in [1.82, 2.24) is 4.72 Å². The predicted molar refractivity (Wildman–Crippen MR) is 121 cm³/mol. The van der Waals surface area contributed by atoms with Crippen LogP contribution < -0.4 is 4.72 Å². The summed E-state index contributed by atoms with van der Waals surface area (Å²) in [5.41, 5.74) is 2.59. The summed E-state index contributed by atoms with van der Waals surface area (Å²) >= 11 is 0. The lowest BCUT2D eigenvalue weighted by molar-refractivity contribution is -0.149. The van der Waals surface area contributed by atoms with E-state index in [9.17, 15) is 13.2 Å². The van der Waals surface area contributed by atoms with Gasteiger partial charge in [-0.2, -0.15) is 0 Å². The van der Waals surface area contributed by atoms with Crippen molar-refractivity contribution in [3.05, 3.63) is 102 Å². The van der Waals surface area contributed by atoms with Crippen molar-refractivity contribution in [3.8, 4) is 0 Å². The summed E-state index contributed by atoms with van der Waals surface area (Å²) in [6.07, 6.45) is 0.343. The number of carbonyl (C=O) groups is 1. The second kappa shape index (κ2) is 10.4. The molecular formula is C25H27NO4S. The summed E-state index contributed by atoms with van der Waals surface area (Å²) in [5, 5.41) is 0. The second-order valence-corrected chi connectivity index (χ2v) is 9.08. The van der Waals surface area contributed by atoms with Crippen LogP contribution in [-0.4, -0.2) is 21.0 Å². The fraction of sp³-hybridized carbons (Fsp3) is 0.240. The van der Waals surface area contributed by atoms with E-state index in [1.807, 2.05) is 67.6 Å². The highest BCUT2D eigenvalue weighted by Crippen LogP contribution is 2.29. The number of carbonyl (C=O) groups excluding carboxylic acids is 1. The number of hydrogen-bond donors (Lipinski definition) is 1. The Morgan fingerprint density at radius 2 is 1.48 bits per heavy atom. The van der Waals surface area contributed by atoms with E-state index >= 15 is 0 Å². The number of sulfonamides is 1. The van der Waals surface area contributed by atoms with Gasteiger partial charge in [0.1, 0.15) is 0 Å². The first-order valence-electron chi connectivity index (χ1n) is 10.2. The van der Waals surface area contributed by atoms with Crippen LogP contribution in [0.3, 0.4) is 0 Å². The molecule has 0 saturated heterocycles. The zero-order valence-electron chi connectivity index (χ0n) is 17.7. The van der Waals surface area contributed by atoms with E-state index in [-0.39, 0.29) is 11.5 Å². The zero-order chi connectivity index (χ0) is 22.3. The van der Waals surface area contributed by atoms with Gasteiger partial charge in [0.25, 0.3) is 0 Å². The van der Waals surface area contributed by atoms with Gasteiger partial charge in [0.05, 0.1) is 23.5 Å². The molecule has 3 rings (SSSR count). The molecule has 0 saturated carbocycles. The fourth-order valence-electron chi connectivity index (χ4n) is 3.45. The summed E-state index contributed by atoms with van der Waals surface area (Å²) in [6.45, 7) is 3.86. The van der Waals surface area contributed by atoms with Gasteiger partial charge in [-0.15, -0.1) is 0 Å². The summed E-state index contributed by atoms with van der Waals surface area (Å²) in [7, 11) is -3.87. The van der Waals surface area contributed by atoms with Crippen LogP contribution in [0.1, 0.15) is 29.7 Å². The Morgan fingerprint density at radius 3 is 2.06 bits per heavy atom. The lowest BCUT2D eigenvalue weighted by atomic mass is 9.88. The summed E-state index contributed by atoms with van der Waals surface area (Å²) < 4.78 is 34.5. The second-order valence-electron chi connectivity index (χ2n) is 7.37. The van der Waals surface area contributed by atoms with Crippen LogP contribution in [0.5, 0.6) is 0 Å². The van der Waals surface area contributed by atoms with Gasteiger partial charge in [0.2, 0.25) is 10.0 Å². The van der Waals surface area contributed by atoms with Gasteiger partial charge >= 0.3 is 5.97 Å². The maximum absolute atomic E-state index is 13.2. The normalized spacial score (nSPS) is 13.4. The Balaban J connectivity index is 2.02. The summed E-state index contributed by atoms with van der Waals surface area (Å²) in [5.74, 6) is -1.17.